The molecule has 0 aliphatic heterocycles. The van der Waals surface area contributed by atoms with Crippen LogP contribution in [0.25, 0.3) is 0 Å². The van der Waals surface area contributed by atoms with Crippen molar-refractivity contribution in [3.05, 3.63) is 0 Å². The molecule has 1 rings (SSSR count). The Morgan fingerprint density at radius 3 is 2.17 bits per heavy atom. The van der Waals surface area contributed by atoms with Gasteiger partial charge in [-0.25, -0.2) is 9.59 Å². The quantitative estimate of drug-likeness (QED) is 0.812. The second-order valence-electron chi connectivity index (χ2n) is 6.14. The predicted molar refractivity (Wildman–Crippen MR) is 69.4 cm³/mol. The molecule has 104 valence electrons. The van der Waals surface area contributed by atoms with Crippen molar-refractivity contribution in [2.75, 3.05) is 7.05 Å². The molecule has 5 heteroatoms. The van der Waals surface area contributed by atoms with Crippen molar-refractivity contribution in [2.24, 2.45) is 5.41 Å². The number of urea groups is 1. The summed E-state index contributed by atoms with van der Waals surface area (Å²) in [4.78, 5) is 24.9. The van der Waals surface area contributed by atoms with Crippen LogP contribution in [0.2, 0.25) is 0 Å². The highest BCUT2D eigenvalue weighted by Gasteiger charge is 2.34. The maximum atomic E-state index is 12.0. The number of carbonyl (C=O) groups is 2. The topological polar surface area (TPSA) is 69.6 Å². The summed E-state index contributed by atoms with van der Waals surface area (Å²) in [5.41, 5.74) is -0.502. The van der Waals surface area contributed by atoms with Crippen LogP contribution in [-0.4, -0.2) is 41.1 Å². The molecular weight excluding hydrogens is 232 g/mol. The molecule has 0 saturated heterocycles. The van der Waals surface area contributed by atoms with E-state index in [1.54, 1.807) is 11.9 Å². The van der Waals surface area contributed by atoms with E-state index in [4.69, 9.17) is 0 Å². The summed E-state index contributed by atoms with van der Waals surface area (Å²) < 4.78 is 0. The van der Waals surface area contributed by atoms with Gasteiger partial charge in [-0.1, -0.05) is 33.6 Å². The van der Waals surface area contributed by atoms with E-state index in [0.29, 0.717) is 0 Å². The van der Waals surface area contributed by atoms with Crippen LogP contribution in [0.3, 0.4) is 0 Å². The van der Waals surface area contributed by atoms with Crippen LogP contribution in [0.15, 0.2) is 0 Å². The molecule has 2 amide bonds. The van der Waals surface area contributed by atoms with Crippen LogP contribution in [0.4, 0.5) is 4.79 Å². The van der Waals surface area contributed by atoms with Crippen LogP contribution in [0.1, 0.15) is 46.5 Å². The zero-order chi connectivity index (χ0) is 13.9. The third-order valence-electron chi connectivity index (χ3n) is 3.57. The van der Waals surface area contributed by atoms with Gasteiger partial charge >= 0.3 is 12.0 Å². The highest BCUT2D eigenvalue weighted by atomic mass is 16.4. The number of hydrogen-bond acceptors (Lipinski definition) is 2. The van der Waals surface area contributed by atoms with Gasteiger partial charge in [-0.15, -0.1) is 0 Å². The Kier molecular flexibility index (Phi) is 4.59. The minimum atomic E-state index is -0.990. The van der Waals surface area contributed by atoms with Crippen LogP contribution in [0.5, 0.6) is 0 Å². The zero-order valence-electron chi connectivity index (χ0n) is 11.7. The van der Waals surface area contributed by atoms with Crippen LogP contribution >= 0.6 is 0 Å². The van der Waals surface area contributed by atoms with Gasteiger partial charge in [0, 0.05) is 13.1 Å². The molecule has 0 aromatic rings. The smallest absolute Gasteiger partial charge is 0.326 e. The number of nitrogens with zero attached hydrogens (tertiary/aromatic N) is 1. The first-order chi connectivity index (χ1) is 8.23. The first-order valence-electron chi connectivity index (χ1n) is 6.49. The lowest BCUT2D eigenvalue weighted by atomic mass is 9.87. The minimum Gasteiger partial charge on any atom is -0.480 e. The summed E-state index contributed by atoms with van der Waals surface area (Å²) in [5.74, 6) is -0.990. The fourth-order valence-corrected chi connectivity index (χ4v) is 2.33. The van der Waals surface area contributed by atoms with E-state index in [-0.39, 0.29) is 12.1 Å². The summed E-state index contributed by atoms with van der Waals surface area (Å²) in [7, 11) is 1.74. The van der Waals surface area contributed by atoms with E-state index in [1.807, 2.05) is 20.8 Å². The highest BCUT2D eigenvalue weighted by Crippen LogP contribution is 2.23. The summed E-state index contributed by atoms with van der Waals surface area (Å²) >= 11 is 0. The summed E-state index contributed by atoms with van der Waals surface area (Å²) in [5, 5.41) is 11.8. The van der Waals surface area contributed by atoms with E-state index in [2.05, 4.69) is 5.32 Å². The molecule has 1 atom stereocenters. The summed E-state index contributed by atoms with van der Waals surface area (Å²) in [6, 6.07) is -0.905. The average molecular weight is 256 g/mol. The number of aliphatic carboxylic acids is 1. The van der Waals surface area contributed by atoms with Crippen molar-refractivity contribution in [3.8, 4) is 0 Å². The number of carbonyl (C=O) groups excluding carboxylic acids is 1. The van der Waals surface area contributed by atoms with Crippen LogP contribution in [0, 0.1) is 5.41 Å². The Balaban J connectivity index is 2.63. The first-order valence-corrected chi connectivity index (χ1v) is 6.49. The Bertz CT molecular complexity index is 317. The van der Waals surface area contributed by atoms with Gasteiger partial charge in [0.15, 0.2) is 0 Å². The predicted octanol–water partition coefficient (Wildman–Crippen LogP) is 2.07. The molecule has 0 unspecified atom stereocenters. The number of carboxylic acid groups (broad SMARTS) is 1. The van der Waals surface area contributed by atoms with Gasteiger partial charge in [0.1, 0.15) is 6.04 Å². The lowest BCUT2D eigenvalue weighted by Gasteiger charge is -2.31. The van der Waals surface area contributed by atoms with Crippen molar-refractivity contribution in [3.63, 3.8) is 0 Å². The number of nitrogens with one attached hydrogen (secondary N) is 1. The molecule has 0 radical (unpaired) electrons. The molecule has 0 spiro atoms. The second-order valence-corrected chi connectivity index (χ2v) is 6.14. The van der Waals surface area contributed by atoms with E-state index in [9.17, 15) is 14.7 Å². The molecule has 1 saturated carbocycles. The lowest BCUT2D eigenvalue weighted by Crippen LogP contribution is -2.54. The standard InChI is InChI=1S/C13H24N2O3/c1-13(2,3)10(11(16)17)14-12(18)15(4)9-7-5-6-8-9/h9-10H,5-8H2,1-4H3,(H,14,18)(H,16,17)/t10-/m0/s1. The van der Waals surface area contributed by atoms with Crippen molar-refractivity contribution < 1.29 is 14.7 Å². The zero-order valence-corrected chi connectivity index (χ0v) is 11.7. The minimum absolute atomic E-state index is 0.249. The van der Waals surface area contributed by atoms with Gasteiger partial charge < -0.3 is 15.3 Å². The average Bonchev–Trinajstić information content (AvgIpc) is 2.75. The summed E-state index contributed by atoms with van der Waals surface area (Å²) in [6.07, 6.45) is 4.31. The molecule has 1 aliphatic carbocycles. The van der Waals surface area contributed by atoms with Crippen molar-refractivity contribution in [1.82, 2.24) is 10.2 Å². The van der Waals surface area contributed by atoms with E-state index in [1.165, 1.54) is 0 Å². The molecule has 18 heavy (non-hydrogen) atoms. The maximum absolute atomic E-state index is 12.0. The van der Waals surface area contributed by atoms with Crippen molar-refractivity contribution >= 4 is 12.0 Å². The fraction of sp³-hybridized carbons (Fsp3) is 0.846. The lowest BCUT2D eigenvalue weighted by molar-refractivity contribution is -0.142. The van der Waals surface area contributed by atoms with Crippen LogP contribution < -0.4 is 5.32 Å². The Morgan fingerprint density at radius 1 is 1.28 bits per heavy atom. The molecule has 5 nitrogen and oxygen atoms in total. The van der Waals surface area contributed by atoms with E-state index < -0.39 is 17.4 Å². The molecular formula is C13H24N2O3. The normalized spacial score (nSPS) is 18.4. The monoisotopic (exact) mass is 256 g/mol. The third kappa shape index (κ3) is 3.62. The van der Waals surface area contributed by atoms with E-state index >= 15 is 0 Å². The number of hydrogen-bond donors (Lipinski definition) is 2. The Hall–Kier alpha value is -1.26. The molecule has 1 fully saturated rings. The van der Waals surface area contributed by atoms with Crippen molar-refractivity contribution in [2.45, 2.75) is 58.5 Å². The molecule has 0 aromatic carbocycles. The van der Waals surface area contributed by atoms with Crippen molar-refractivity contribution in [1.29, 1.82) is 0 Å². The van der Waals surface area contributed by atoms with Gasteiger partial charge in [0.25, 0.3) is 0 Å². The van der Waals surface area contributed by atoms with Gasteiger partial charge in [-0.3, -0.25) is 0 Å². The molecule has 2 N–H and O–H groups in total. The van der Waals surface area contributed by atoms with Gasteiger partial charge in [-0.2, -0.15) is 0 Å². The molecule has 0 aromatic heterocycles. The number of carboxylic acids is 1. The first kappa shape index (κ1) is 14.8. The molecule has 0 bridgehead atoms. The van der Waals surface area contributed by atoms with Gasteiger partial charge in [-0.05, 0) is 18.3 Å². The Labute approximate surface area is 109 Å². The van der Waals surface area contributed by atoms with Gasteiger partial charge in [0.05, 0.1) is 0 Å². The maximum Gasteiger partial charge on any atom is 0.326 e. The number of rotatable bonds is 3. The second kappa shape index (κ2) is 5.59. The third-order valence-corrected chi connectivity index (χ3v) is 3.57. The summed E-state index contributed by atoms with van der Waals surface area (Å²) in [6.45, 7) is 5.42. The molecule has 1 aliphatic rings. The number of amides is 2. The van der Waals surface area contributed by atoms with E-state index in [0.717, 1.165) is 25.7 Å². The van der Waals surface area contributed by atoms with Gasteiger partial charge in [0.2, 0.25) is 0 Å². The van der Waals surface area contributed by atoms with Crippen LogP contribution in [-0.2, 0) is 4.79 Å². The SMILES string of the molecule is CN(C(=O)N[C@@H](C(=O)O)C(C)(C)C)C1CCCC1. The largest absolute Gasteiger partial charge is 0.480 e. The molecule has 0 heterocycles. The highest BCUT2D eigenvalue weighted by molar-refractivity contribution is 5.83. The fourth-order valence-electron chi connectivity index (χ4n) is 2.33. The Morgan fingerprint density at radius 2 is 1.78 bits per heavy atom.